The molecule has 0 aromatic heterocycles. The summed E-state index contributed by atoms with van der Waals surface area (Å²) in [5.41, 5.74) is 5.50. The van der Waals surface area contributed by atoms with Crippen molar-refractivity contribution >= 4 is 5.91 Å². The zero-order chi connectivity index (χ0) is 30.5. The third-order valence-corrected chi connectivity index (χ3v) is 9.86. The third kappa shape index (κ3) is 6.94. The van der Waals surface area contributed by atoms with Crippen molar-refractivity contribution < 1.29 is 14.3 Å². The van der Waals surface area contributed by atoms with Crippen LogP contribution < -0.4 is 9.47 Å². The first-order valence-electron chi connectivity index (χ1n) is 16.8. The number of carbonyl (C=O) groups is 1. The van der Waals surface area contributed by atoms with Gasteiger partial charge in [0, 0.05) is 17.6 Å². The van der Waals surface area contributed by atoms with Crippen molar-refractivity contribution in [1.29, 1.82) is 0 Å². The Balaban J connectivity index is 1.11. The molecule has 1 unspecified atom stereocenters. The number of benzene rings is 4. The van der Waals surface area contributed by atoms with Crippen LogP contribution in [0, 0.1) is 0 Å². The predicted molar refractivity (Wildman–Crippen MR) is 179 cm³/mol. The number of likely N-dealkylation sites (tertiary alicyclic amines) is 1. The van der Waals surface area contributed by atoms with Gasteiger partial charge in [0.25, 0.3) is 5.91 Å². The van der Waals surface area contributed by atoms with Crippen LogP contribution in [0.15, 0.2) is 103 Å². The number of fused-ring (bicyclic) bond motifs is 1. The Labute approximate surface area is 267 Å². The average molecular weight is 601 g/mol. The van der Waals surface area contributed by atoms with Crippen LogP contribution in [0.2, 0.25) is 0 Å². The summed E-state index contributed by atoms with van der Waals surface area (Å²) in [7, 11) is 0. The van der Waals surface area contributed by atoms with Crippen LogP contribution in [0.4, 0.5) is 0 Å². The van der Waals surface area contributed by atoms with Crippen molar-refractivity contribution in [2.24, 2.45) is 0 Å². The van der Waals surface area contributed by atoms with Crippen LogP contribution in [-0.2, 0) is 19.4 Å². The second-order valence-electron chi connectivity index (χ2n) is 13.0. The number of rotatable bonds is 10. The second-order valence-corrected chi connectivity index (χ2v) is 13.0. The molecule has 4 aromatic rings. The van der Waals surface area contributed by atoms with E-state index in [1.165, 1.54) is 55.5 Å². The van der Waals surface area contributed by atoms with Gasteiger partial charge in [-0.1, -0.05) is 79.6 Å². The van der Waals surface area contributed by atoms with Crippen LogP contribution in [0.5, 0.6) is 11.5 Å². The minimum Gasteiger partial charge on any atom is -0.492 e. The van der Waals surface area contributed by atoms with E-state index in [0.29, 0.717) is 13.2 Å². The number of amides is 1. The summed E-state index contributed by atoms with van der Waals surface area (Å²) in [6, 6.07) is 35.1. The molecule has 1 saturated heterocycles. The predicted octanol–water partition coefficient (Wildman–Crippen LogP) is 8.04. The van der Waals surface area contributed by atoms with Gasteiger partial charge in [-0.15, -0.1) is 0 Å². The molecule has 5 heteroatoms. The first-order valence-corrected chi connectivity index (χ1v) is 16.8. The Bertz CT molecular complexity index is 1560. The number of carbonyl (C=O) groups excluding carboxylic acids is 1. The SMILES string of the molecule is O=C(c1ccccc1)N1C(Cc2ccc(OCCN3CCCCCC3)cc2)c2ccc(OCc3ccccc3)cc2CC12CC2. The van der Waals surface area contributed by atoms with Crippen molar-refractivity contribution in [1.82, 2.24) is 9.80 Å². The monoisotopic (exact) mass is 600 g/mol. The molecule has 3 aliphatic rings. The Morgan fingerprint density at radius 3 is 2.13 bits per heavy atom. The third-order valence-electron chi connectivity index (χ3n) is 9.86. The second kappa shape index (κ2) is 13.5. The Morgan fingerprint density at radius 1 is 0.733 bits per heavy atom. The van der Waals surface area contributed by atoms with Crippen molar-refractivity contribution in [2.45, 2.75) is 69.6 Å². The highest BCUT2D eigenvalue weighted by Gasteiger charge is 2.55. The molecule has 2 heterocycles. The smallest absolute Gasteiger partial charge is 0.254 e. The van der Waals surface area contributed by atoms with E-state index in [1.54, 1.807) is 0 Å². The maximum absolute atomic E-state index is 14.2. The van der Waals surface area contributed by atoms with E-state index < -0.39 is 0 Å². The van der Waals surface area contributed by atoms with Crippen molar-refractivity contribution in [3.05, 3.63) is 131 Å². The fourth-order valence-corrected chi connectivity index (χ4v) is 7.24. The lowest BCUT2D eigenvalue weighted by atomic mass is 9.83. The molecule has 45 heavy (non-hydrogen) atoms. The van der Waals surface area contributed by atoms with E-state index in [-0.39, 0.29) is 17.5 Å². The zero-order valence-corrected chi connectivity index (χ0v) is 26.2. The number of hydrogen-bond acceptors (Lipinski definition) is 4. The maximum Gasteiger partial charge on any atom is 0.254 e. The molecule has 1 aliphatic carbocycles. The molecule has 232 valence electrons. The van der Waals surface area contributed by atoms with Crippen molar-refractivity contribution in [3.63, 3.8) is 0 Å². The minimum atomic E-state index is -0.140. The standard InChI is InChI=1S/C40H44N2O3/c43-39(33-13-7-4-8-14-33)42-38(27-31-15-17-35(18-16-31)44-26-25-41-23-9-1-2-10-24-41)37-20-19-36(28-34(37)29-40(42)21-22-40)45-30-32-11-5-3-6-12-32/h3-8,11-20,28,38H,1-2,9-10,21-27,29-30H2. The van der Waals surface area contributed by atoms with E-state index in [2.05, 4.69) is 64.4 Å². The Morgan fingerprint density at radius 2 is 1.42 bits per heavy atom. The molecule has 1 spiro atoms. The molecule has 4 aromatic carbocycles. The summed E-state index contributed by atoms with van der Waals surface area (Å²) in [5.74, 6) is 1.92. The molecule has 1 atom stereocenters. The van der Waals surface area contributed by atoms with Crippen LogP contribution in [0.1, 0.15) is 77.2 Å². The molecular weight excluding hydrogens is 556 g/mol. The van der Waals surface area contributed by atoms with Gasteiger partial charge in [0.15, 0.2) is 0 Å². The summed E-state index contributed by atoms with van der Waals surface area (Å²) in [6.07, 6.45) is 8.97. The summed E-state index contributed by atoms with van der Waals surface area (Å²) >= 11 is 0. The highest BCUT2D eigenvalue weighted by Crippen LogP contribution is 2.54. The Hall–Kier alpha value is -4.09. The minimum absolute atomic E-state index is 0.0538. The lowest BCUT2D eigenvalue weighted by Crippen LogP contribution is -2.50. The highest BCUT2D eigenvalue weighted by molar-refractivity contribution is 5.95. The molecule has 7 rings (SSSR count). The van der Waals surface area contributed by atoms with E-state index in [1.807, 2.05) is 48.5 Å². The highest BCUT2D eigenvalue weighted by atomic mass is 16.5. The van der Waals surface area contributed by atoms with Crippen LogP contribution in [-0.4, -0.2) is 47.5 Å². The number of nitrogens with zero attached hydrogens (tertiary/aromatic N) is 2. The molecule has 5 nitrogen and oxygen atoms in total. The van der Waals surface area contributed by atoms with Gasteiger partial charge < -0.3 is 14.4 Å². The molecule has 1 amide bonds. The van der Waals surface area contributed by atoms with Gasteiger partial charge in [0.05, 0.1) is 6.04 Å². The fourth-order valence-electron chi connectivity index (χ4n) is 7.24. The van der Waals surface area contributed by atoms with E-state index in [0.717, 1.165) is 54.9 Å². The van der Waals surface area contributed by atoms with Crippen molar-refractivity contribution in [3.8, 4) is 11.5 Å². The lowest BCUT2D eigenvalue weighted by molar-refractivity contribution is 0.0486. The van der Waals surface area contributed by atoms with Crippen LogP contribution >= 0.6 is 0 Å². The summed E-state index contributed by atoms with van der Waals surface area (Å²) < 4.78 is 12.4. The van der Waals surface area contributed by atoms with Crippen molar-refractivity contribution in [2.75, 3.05) is 26.2 Å². The number of hydrogen-bond donors (Lipinski definition) is 0. The molecule has 1 saturated carbocycles. The molecule has 0 N–H and O–H groups in total. The van der Waals surface area contributed by atoms with Gasteiger partial charge in [-0.25, -0.2) is 0 Å². The normalized spacial score (nSPS) is 19.0. The number of ether oxygens (including phenoxy) is 2. The molecule has 2 fully saturated rings. The quantitative estimate of drug-likeness (QED) is 0.185. The van der Waals surface area contributed by atoms with Gasteiger partial charge in [-0.05, 0) is 110 Å². The average Bonchev–Trinajstić information content (AvgIpc) is 3.89. The molecule has 0 bridgehead atoms. The van der Waals surface area contributed by atoms with E-state index in [9.17, 15) is 4.79 Å². The maximum atomic E-state index is 14.2. The summed E-state index contributed by atoms with van der Waals surface area (Å²) in [5, 5.41) is 0. The first kappa shape index (κ1) is 29.6. The first-order chi connectivity index (χ1) is 22.2. The van der Waals surface area contributed by atoms with E-state index >= 15 is 0 Å². The lowest BCUT2D eigenvalue weighted by Gasteiger charge is -2.44. The zero-order valence-electron chi connectivity index (χ0n) is 26.2. The van der Waals surface area contributed by atoms with Crippen LogP contribution in [0.25, 0.3) is 0 Å². The van der Waals surface area contributed by atoms with Gasteiger partial charge in [-0.2, -0.15) is 0 Å². The molecule has 2 aliphatic heterocycles. The van der Waals surface area contributed by atoms with Gasteiger partial charge in [-0.3, -0.25) is 9.69 Å². The topological polar surface area (TPSA) is 42.0 Å². The summed E-state index contributed by atoms with van der Waals surface area (Å²) in [6.45, 7) is 4.61. The van der Waals surface area contributed by atoms with Gasteiger partial charge >= 0.3 is 0 Å². The summed E-state index contributed by atoms with van der Waals surface area (Å²) in [4.78, 5) is 19.0. The molecule has 0 radical (unpaired) electrons. The Kier molecular flexibility index (Phi) is 8.88. The van der Waals surface area contributed by atoms with Gasteiger partial charge in [0.2, 0.25) is 0 Å². The van der Waals surface area contributed by atoms with Crippen LogP contribution in [0.3, 0.4) is 0 Å². The van der Waals surface area contributed by atoms with Gasteiger partial charge in [0.1, 0.15) is 24.7 Å². The molecular formula is C40H44N2O3. The fraction of sp³-hybridized carbons (Fsp3) is 0.375. The van der Waals surface area contributed by atoms with E-state index in [4.69, 9.17) is 9.47 Å². The largest absolute Gasteiger partial charge is 0.492 e.